The number of amides is 2. The second-order valence-electron chi connectivity index (χ2n) is 6.34. The van der Waals surface area contributed by atoms with Crippen LogP contribution in [0.1, 0.15) is 29.2 Å². The summed E-state index contributed by atoms with van der Waals surface area (Å²) >= 11 is 0. The van der Waals surface area contributed by atoms with E-state index in [0.717, 1.165) is 22.4 Å². The highest BCUT2D eigenvalue weighted by atomic mass is 19.1. The number of aryl methyl sites for hydroxylation is 2. The molecular weight excluding hydrogens is 307 g/mol. The van der Waals surface area contributed by atoms with E-state index in [1.54, 1.807) is 17.0 Å². The maximum absolute atomic E-state index is 13.1. The summed E-state index contributed by atoms with van der Waals surface area (Å²) in [7, 11) is 0. The van der Waals surface area contributed by atoms with E-state index < -0.39 is 6.10 Å². The van der Waals surface area contributed by atoms with Crippen LogP contribution in [0.15, 0.2) is 42.5 Å². The smallest absolute Gasteiger partial charge is 0.322 e. The van der Waals surface area contributed by atoms with Crippen LogP contribution in [0, 0.1) is 19.7 Å². The molecule has 1 fully saturated rings. The van der Waals surface area contributed by atoms with Crippen molar-refractivity contribution >= 4 is 11.7 Å². The topological polar surface area (TPSA) is 52.6 Å². The number of urea groups is 1. The average Bonchev–Trinajstić information content (AvgIpc) is 2.94. The Balaban J connectivity index is 1.78. The molecule has 1 aliphatic heterocycles. The second-order valence-corrected chi connectivity index (χ2v) is 6.34. The summed E-state index contributed by atoms with van der Waals surface area (Å²) in [4.78, 5) is 14.2. The fourth-order valence-corrected chi connectivity index (χ4v) is 3.05. The fraction of sp³-hybridized carbons (Fsp3) is 0.316. The minimum absolute atomic E-state index is 0.257. The van der Waals surface area contributed by atoms with Crippen LogP contribution in [0.4, 0.5) is 14.9 Å². The molecule has 0 bridgehead atoms. The van der Waals surface area contributed by atoms with Gasteiger partial charge >= 0.3 is 6.03 Å². The molecule has 2 amide bonds. The first-order chi connectivity index (χ1) is 11.4. The van der Waals surface area contributed by atoms with Crippen LogP contribution in [0.3, 0.4) is 0 Å². The fourth-order valence-electron chi connectivity index (χ4n) is 3.05. The number of hydrogen-bond acceptors (Lipinski definition) is 2. The summed E-state index contributed by atoms with van der Waals surface area (Å²) in [5.41, 5.74) is 3.81. The van der Waals surface area contributed by atoms with Crippen LogP contribution >= 0.6 is 0 Å². The average molecular weight is 328 g/mol. The van der Waals surface area contributed by atoms with E-state index in [1.165, 1.54) is 12.1 Å². The van der Waals surface area contributed by atoms with Crippen molar-refractivity contribution < 1.29 is 14.3 Å². The molecule has 5 heteroatoms. The Morgan fingerprint density at radius 2 is 1.88 bits per heavy atom. The third-order valence-electron chi connectivity index (χ3n) is 4.55. The molecule has 0 aliphatic carbocycles. The van der Waals surface area contributed by atoms with Crippen LogP contribution in [-0.4, -0.2) is 28.7 Å². The van der Waals surface area contributed by atoms with Crippen molar-refractivity contribution in [3.8, 4) is 0 Å². The molecule has 0 radical (unpaired) electrons. The first-order valence-corrected chi connectivity index (χ1v) is 8.02. The first-order valence-electron chi connectivity index (χ1n) is 8.02. The first kappa shape index (κ1) is 16.5. The normalized spacial score (nSPS) is 20.2. The molecule has 1 aliphatic rings. The lowest BCUT2D eigenvalue weighted by Gasteiger charge is -2.25. The van der Waals surface area contributed by atoms with Crippen molar-refractivity contribution in [2.24, 2.45) is 0 Å². The monoisotopic (exact) mass is 328 g/mol. The van der Waals surface area contributed by atoms with Crippen LogP contribution in [0.2, 0.25) is 0 Å². The molecule has 1 heterocycles. The molecule has 3 rings (SSSR count). The Hall–Kier alpha value is -2.40. The molecule has 2 N–H and O–H groups in total. The Bertz CT molecular complexity index is 746. The van der Waals surface area contributed by atoms with Crippen LogP contribution in [0.25, 0.3) is 0 Å². The zero-order valence-electron chi connectivity index (χ0n) is 13.8. The predicted molar refractivity (Wildman–Crippen MR) is 91.4 cm³/mol. The number of anilines is 1. The Morgan fingerprint density at radius 3 is 2.54 bits per heavy atom. The Morgan fingerprint density at radius 1 is 1.17 bits per heavy atom. The zero-order valence-corrected chi connectivity index (χ0v) is 13.8. The summed E-state index contributed by atoms with van der Waals surface area (Å²) < 4.78 is 13.1. The van der Waals surface area contributed by atoms with E-state index in [2.05, 4.69) is 5.32 Å². The van der Waals surface area contributed by atoms with E-state index in [1.807, 2.05) is 32.0 Å². The molecule has 2 unspecified atom stereocenters. The van der Waals surface area contributed by atoms with Crippen molar-refractivity contribution in [3.05, 3.63) is 65.0 Å². The van der Waals surface area contributed by atoms with Gasteiger partial charge in [-0.2, -0.15) is 0 Å². The van der Waals surface area contributed by atoms with E-state index in [0.29, 0.717) is 6.42 Å². The van der Waals surface area contributed by atoms with Gasteiger partial charge in [0, 0.05) is 12.2 Å². The molecule has 24 heavy (non-hydrogen) atoms. The number of carbonyl (C=O) groups excluding carboxylic acids is 1. The highest BCUT2D eigenvalue weighted by Crippen LogP contribution is 2.32. The number of halogens is 1. The number of β-amino-alcohol motifs (C(OH)–C–C–N with tert-alkyl or cyclic N) is 1. The van der Waals surface area contributed by atoms with Crippen molar-refractivity contribution in [1.29, 1.82) is 0 Å². The molecule has 2 aromatic carbocycles. The summed E-state index contributed by atoms with van der Waals surface area (Å²) in [6.45, 7) is 4.27. The molecule has 0 spiro atoms. The highest BCUT2D eigenvalue weighted by Gasteiger charge is 2.35. The van der Waals surface area contributed by atoms with Gasteiger partial charge in [0.2, 0.25) is 0 Å². The van der Waals surface area contributed by atoms with Crippen LogP contribution in [0.5, 0.6) is 0 Å². The van der Waals surface area contributed by atoms with Gasteiger partial charge in [0.25, 0.3) is 0 Å². The van der Waals surface area contributed by atoms with Gasteiger partial charge in [-0.15, -0.1) is 0 Å². The summed E-state index contributed by atoms with van der Waals surface area (Å²) in [5.74, 6) is -0.316. The maximum atomic E-state index is 13.1. The highest BCUT2D eigenvalue weighted by molar-refractivity contribution is 5.90. The number of likely N-dealkylation sites (tertiary alicyclic amines) is 1. The third-order valence-corrected chi connectivity index (χ3v) is 4.55. The number of nitrogens with one attached hydrogen (secondary N) is 1. The number of nitrogens with zero attached hydrogens (tertiary/aromatic N) is 1. The number of benzene rings is 2. The molecule has 2 aromatic rings. The van der Waals surface area contributed by atoms with Crippen molar-refractivity contribution in [3.63, 3.8) is 0 Å². The van der Waals surface area contributed by atoms with Crippen LogP contribution in [-0.2, 0) is 0 Å². The van der Waals surface area contributed by atoms with E-state index in [9.17, 15) is 14.3 Å². The standard InChI is InChI=1S/C19H21FN2O2/c1-12-3-8-16(9-13(12)2)21-19(24)22-11-17(23)10-18(22)14-4-6-15(20)7-5-14/h3-9,17-18,23H,10-11H2,1-2H3,(H,21,24). The molecule has 2 atom stereocenters. The predicted octanol–water partition coefficient (Wildman–Crippen LogP) is 3.78. The van der Waals surface area contributed by atoms with Gasteiger partial charge in [-0.1, -0.05) is 18.2 Å². The Kier molecular flexibility index (Phi) is 4.53. The lowest BCUT2D eigenvalue weighted by Crippen LogP contribution is -2.35. The third kappa shape index (κ3) is 3.41. The number of carbonyl (C=O) groups is 1. The second kappa shape index (κ2) is 6.61. The summed E-state index contributed by atoms with van der Waals surface area (Å²) in [6.07, 6.45) is -0.128. The maximum Gasteiger partial charge on any atom is 0.322 e. The molecular formula is C19H21FN2O2. The minimum Gasteiger partial charge on any atom is -0.391 e. The van der Waals surface area contributed by atoms with E-state index in [-0.39, 0.29) is 24.4 Å². The van der Waals surface area contributed by atoms with Crippen molar-refractivity contribution in [2.75, 3.05) is 11.9 Å². The number of aliphatic hydroxyl groups is 1. The molecule has 4 nitrogen and oxygen atoms in total. The largest absolute Gasteiger partial charge is 0.391 e. The number of aliphatic hydroxyl groups excluding tert-OH is 1. The van der Waals surface area contributed by atoms with Gasteiger partial charge < -0.3 is 15.3 Å². The molecule has 1 saturated heterocycles. The SMILES string of the molecule is Cc1ccc(NC(=O)N2CC(O)CC2c2ccc(F)cc2)cc1C. The quantitative estimate of drug-likeness (QED) is 0.881. The molecule has 0 saturated carbocycles. The van der Waals surface area contributed by atoms with Crippen LogP contribution < -0.4 is 5.32 Å². The summed E-state index contributed by atoms with van der Waals surface area (Å²) in [6, 6.07) is 11.3. The lowest BCUT2D eigenvalue weighted by atomic mass is 10.0. The van der Waals surface area contributed by atoms with Gasteiger partial charge in [0.05, 0.1) is 12.1 Å². The van der Waals surface area contributed by atoms with E-state index in [4.69, 9.17) is 0 Å². The molecule has 0 aromatic heterocycles. The number of rotatable bonds is 2. The van der Waals surface area contributed by atoms with Gasteiger partial charge in [0.1, 0.15) is 5.82 Å². The Labute approximate surface area is 140 Å². The van der Waals surface area contributed by atoms with Gasteiger partial charge in [-0.05, 0) is 61.2 Å². The summed E-state index contributed by atoms with van der Waals surface area (Å²) in [5, 5.41) is 12.9. The van der Waals surface area contributed by atoms with Crippen molar-refractivity contribution in [1.82, 2.24) is 4.90 Å². The van der Waals surface area contributed by atoms with E-state index >= 15 is 0 Å². The number of hydrogen-bond donors (Lipinski definition) is 2. The minimum atomic E-state index is -0.578. The lowest BCUT2D eigenvalue weighted by molar-refractivity contribution is 0.175. The van der Waals surface area contributed by atoms with Gasteiger partial charge in [-0.25, -0.2) is 9.18 Å². The van der Waals surface area contributed by atoms with Crippen molar-refractivity contribution in [2.45, 2.75) is 32.4 Å². The molecule has 126 valence electrons. The van der Waals surface area contributed by atoms with Gasteiger partial charge in [-0.3, -0.25) is 0 Å². The van der Waals surface area contributed by atoms with Gasteiger partial charge in [0.15, 0.2) is 0 Å². The zero-order chi connectivity index (χ0) is 17.3.